The van der Waals surface area contributed by atoms with Gasteiger partial charge in [0.25, 0.3) is 0 Å². The van der Waals surface area contributed by atoms with Crippen LogP contribution < -0.4 is 0 Å². The Balaban J connectivity index is 0.992. The first-order valence-corrected chi connectivity index (χ1v) is 29.0. The van der Waals surface area contributed by atoms with Crippen molar-refractivity contribution in [3.8, 4) is 0 Å². The average Bonchev–Trinajstić information content (AvgIpc) is 3.72. The quantitative estimate of drug-likeness (QED) is 0.115. The van der Waals surface area contributed by atoms with Gasteiger partial charge < -0.3 is 47.1 Å². The molecule has 1 spiro atoms. The van der Waals surface area contributed by atoms with Crippen LogP contribution in [0, 0.1) is 23.7 Å². The van der Waals surface area contributed by atoms with E-state index in [1.807, 2.05) is 18.2 Å². The van der Waals surface area contributed by atoms with Gasteiger partial charge in [0.2, 0.25) is 0 Å². The summed E-state index contributed by atoms with van der Waals surface area (Å²) in [7, 11) is -2.27. The summed E-state index contributed by atoms with van der Waals surface area (Å²) < 4.78 is 71.6. The van der Waals surface area contributed by atoms with Crippen molar-refractivity contribution < 1.29 is 47.1 Å². The zero-order chi connectivity index (χ0) is 47.8. The summed E-state index contributed by atoms with van der Waals surface area (Å²) in [6, 6.07) is 31.2. The van der Waals surface area contributed by atoms with Crippen LogP contribution in [0.2, 0.25) is 18.1 Å². The maximum Gasteiger partial charge on any atom is 0.192 e. The molecule has 0 saturated carbocycles. The lowest BCUT2D eigenvalue weighted by atomic mass is 9.76. The molecule has 0 amide bonds. The number of ether oxygens (including phenoxy) is 9. The SMILES string of the molecule is C[C@@H]1[C@H]2O[C@H]3C[C@@H](C)[C@H]4O[C@@](C)([C@@H](CCOCc5ccccc5)OCc5ccccc5)[C@H](OCc5ccccc5)C[C@@H]4O[C@@H]3C[C@@H]2O[C@@H]2[C@@H](C)[C@H](C)[C@@]3(CCCO3)O[C@H]2[C@H]1O[Si](C)(C)C(C)(C)C. The largest absolute Gasteiger partial charge is 0.411 e. The summed E-state index contributed by atoms with van der Waals surface area (Å²) in [5.41, 5.74) is 2.55. The maximum atomic E-state index is 7.59. The van der Waals surface area contributed by atoms with E-state index in [0.717, 1.165) is 49.0 Å². The van der Waals surface area contributed by atoms with E-state index < -0.39 is 19.7 Å². The molecule has 6 saturated heterocycles. The lowest BCUT2D eigenvalue weighted by molar-refractivity contribution is -0.338. The second-order valence-corrected chi connectivity index (χ2v) is 27.8. The molecule has 0 aliphatic carbocycles. The van der Waals surface area contributed by atoms with Gasteiger partial charge in [-0.3, -0.25) is 0 Å². The molecule has 0 aromatic heterocycles. The number of fused-ring (bicyclic) bond motifs is 4. The molecule has 6 heterocycles. The van der Waals surface area contributed by atoms with Crippen molar-refractivity contribution in [3.05, 3.63) is 108 Å². The van der Waals surface area contributed by atoms with Crippen molar-refractivity contribution in [2.24, 2.45) is 23.7 Å². The zero-order valence-electron chi connectivity index (χ0n) is 42.7. The summed E-state index contributed by atoms with van der Waals surface area (Å²) in [6.07, 6.45) is 2.21. The predicted octanol–water partition coefficient (Wildman–Crippen LogP) is 11.2. The van der Waals surface area contributed by atoms with E-state index in [4.69, 9.17) is 47.1 Å². The van der Waals surface area contributed by atoms with Gasteiger partial charge in [-0.15, -0.1) is 0 Å². The molecule has 6 aliphatic heterocycles. The van der Waals surface area contributed by atoms with Crippen LogP contribution >= 0.6 is 0 Å². The summed E-state index contributed by atoms with van der Waals surface area (Å²) in [4.78, 5) is 0. The Bertz CT molecular complexity index is 2040. The minimum Gasteiger partial charge on any atom is -0.411 e. The highest BCUT2D eigenvalue weighted by Crippen LogP contribution is 2.53. The van der Waals surface area contributed by atoms with Crippen molar-refractivity contribution in [1.82, 2.24) is 0 Å². The van der Waals surface area contributed by atoms with E-state index in [-0.39, 0.29) is 95.9 Å². The van der Waals surface area contributed by atoms with Gasteiger partial charge in [0, 0.05) is 37.7 Å². The summed E-state index contributed by atoms with van der Waals surface area (Å²) in [5, 5.41) is 0.0151. The highest BCUT2D eigenvalue weighted by atomic mass is 28.4. The third kappa shape index (κ3) is 10.5. The molecule has 3 aromatic rings. The van der Waals surface area contributed by atoms with Crippen molar-refractivity contribution in [1.29, 1.82) is 0 Å². The molecular weight excluding hydrogens is 873 g/mol. The van der Waals surface area contributed by atoms with Crippen LogP contribution in [0.5, 0.6) is 0 Å². The average molecular weight is 955 g/mol. The molecule has 6 fully saturated rings. The smallest absolute Gasteiger partial charge is 0.192 e. The third-order valence-corrected chi connectivity index (χ3v) is 21.9. The fraction of sp³-hybridized carbons (Fsp3) is 0.684. The summed E-state index contributed by atoms with van der Waals surface area (Å²) >= 11 is 0. The Morgan fingerprint density at radius 1 is 0.662 bits per heavy atom. The second kappa shape index (κ2) is 20.9. The van der Waals surface area contributed by atoms with Gasteiger partial charge in [-0.1, -0.05) is 139 Å². The number of benzene rings is 3. The van der Waals surface area contributed by atoms with Crippen LogP contribution in [-0.4, -0.2) is 100 Å². The third-order valence-electron chi connectivity index (χ3n) is 17.4. The Morgan fingerprint density at radius 3 is 1.90 bits per heavy atom. The summed E-state index contributed by atoms with van der Waals surface area (Å²) in [5.74, 6) is -0.140. The standard InChI is InChI=1S/C57H82O10Si/c1-37-31-44-45(32-46-51(63-44)39(3)53(67-68(9,10)55(5,6)7)54-52(64-46)38(2)40(4)57(66-54)28-20-29-61-57)62-47-33-49(60-36-43-25-18-13-19-26-43)56(8,65-50(37)47)48(59-35-42-23-16-12-17-24-42)27-30-58-34-41-21-14-11-15-22-41/h11-19,21-26,37-40,44-54H,20,27-36H2,1-10H3/t37-,38+,39-,40+,44+,45-,46+,47+,48-,49-,50-,51-,52-,53+,54-,56+,57-/m1/s1. The molecule has 68 heavy (non-hydrogen) atoms. The van der Waals surface area contributed by atoms with Gasteiger partial charge in [-0.25, -0.2) is 0 Å². The zero-order valence-corrected chi connectivity index (χ0v) is 43.7. The number of hydrogen-bond acceptors (Lipinski definition) is 10. The topological polar surface area (TPSA) is 92.3 Å². The maximum absolute atomic E-state index is 7.59. The van der Waals surface area contributed by atoms with Crippen molar-refractivity contribution >= 4 is 8.32 Å². The van der Waals surface area contributed by atoms with E-state index in [1.165, 1.54) is 0 Å². The molecular formula is C57H82O10Si. The van der Waals surface area contributed by atoms with Crippen molar-refractivity contribution in [2.45, 2.75) is 210 Å². The first kappa shape index (κ1) is 50.4. The van der Waals surface area contributed by atoms with Gasteiger partial charge in [0.05, 0.1) is 87.5 Å². The van der Waals surface area contributed by atoms with Crippen LogP contribution in [0.25, 0.3) is 0 Å². The molecule has 17 atom stereocenters. The molecule has 9 rings (SSSR count). The van der Waals surface area contributed by atoms with Crippen LogP contribution in [0.4, 0.5) is 0 Å². The van der Waals surface area contributed by atoms with E-state index in [2.05, 4.69) is 141 Å². The first-order chi connectivity index (χ1) is 32.5. The molecule has 0 bridgehead atoms. The molecule has 10 nitrogen and oxygen atoms in total. The lowest BCUT2D eigenvalue weighted by Crippen LogP contribution is -2.63. The fourth-order valence-corrected chi connectivity index (χ4v) is 13.4. The van der Waals surface area contributed by atoms with Gasteiger partial charge >= 0.3 is 0 Å². The predicted molar refractivity (Wildman–Crippen MR) is 265 cm³/mol. The van der Waals surface area contributed by atoms with Crippen LogP contribution in [0.15, 0.2) is 91.0 Å². The Morgan fingerprint density at radius 2 is 1.26 bits per heavy atom. The second-order valence-electron chi connectivity index (χ2n) is 23.0. The minimum absolute atomic E-state index is 0.00640. The monoisotopic (exact) mass is 955 g/mol. The van der Waals surface area contributed by atoms with Gasteiger partial charge in [0.1, 0.15) is 11.7 Å². The number of hydrogen-bond donors (Lipinski definition) is 0. The number of rotatable bonds is 14. The highest BCUT2D eigenvalue weighted by Gasteiger charge is 2.63. The Labute approximate surface area is 408 Å². The Kier molecular flexibility index (Phi) is 15.5. The molecule has 0 unspecified atom stereocenters. The van der Waals surface area contributed by atoms with Gasteiger partial charge in [-0.05, 0) is 72.8 Å². The van der Waals surface area contributed by atoms with Gasteiger partial charge in [0.15, 0.2) is 14.1 Å². The molecule has 374 valence electrons. The first-order valence-electron chi connectivity index (χ1n) is 26.1. The van der Waals surface area contributed by atoms with Crippen LogP contribution in [-0.2, 0) is 66.9 Å². The Hall–Kier alpha value is -2.52. The molecule has 0 N–H and O–H groups in total. The van der Waals surface area contributed by atoms with E-state index in [9.17, 15) is 0 Å². The normalized spacial score (nSPS) is 38.9. The highest BCUT2D eigenvalue weighted by molar-refractivity contribution is 6.74. The molecule has 11 heteroatoms. The van der Waals surface area contributed by atoms with E-state index in [1.54, 1.807) is 0 Å². The lowest BCUT2D eigenvalue weighted by Gasteiger charge is -2.53. The van der Waals surface area contributed by atoms with Crippen molar-refractivity contribution in [3.63, 3.8) is 0 Å². The van der Waals surface area contributed by atoms with E-state index in [0.29, 0.717) is 39.3 Å². The van der Waals surface area contributed by atoms with E-state index >= 15 is 0 Å². The minimum atomic E-state index is -2.27. The van der Waals surface area contributed by atoms with Crippen LogP contribution in [0.3, 0.4) is 0 Å². The fourth-order valence-electron chi connectivity index (χ4n) is 12.1. The van der Waals surface area contributed by atoms with Gasteiger partial charge in [-0.2, -0.15) is 0 Å². The molecule has 3 aromatic carbocycles. The molecule has 6 aliphatic rings. The molecule has 0 radical (unpaired) electrons. The van der Waals surface area contributed by atoms with Crippen molar-refractivity contribution in [2.75, 3.05) is 13.2 Å². The summed E-state index contributed by atoms with van der Waals surface area (Å²) in [6.45, 7) is 25.8. The van der Waals surface area contributed by atoms with Crippen LogP contribution in [0.1, 0.15) is 111 Å².